The Bertz CT molecular complexity index is 1220. The number of aromatic amines is 1. The molecule has 0 aliphatic heterocycles. The van der Waals surface area contributed by atoms with E-state index >= 15 is 0 Å². The van der Waals surface area contributed by atoms with E-state index in [0.29, 0.717) is 30.8 Å². The molecule has 148 valence electrons. The largest absolute Gasteiger partial charge is 0.329 e. The van der Waals surface area contributed by atoms with Gasteiger partial charge in [-0.25, -0.2) is 9.78 Å². The lowest BCUT2D eigenvalue weighted by molar-refractivity contribution is 0.603. The van der Waals surface area contributed by atoms with Crippen LogP contribution < -0.4 is 16.6 Å². The molecule has 0 aliphatic carbocycles. The fraction of sp³-hybridized carbons (Fsp3) is 0.227. The topological polar surface area (TPSA) is 84.7 Å². The Morgan fingerprint density at radius 3 is 2.28 bits per heavy atom. The van der Waals surface area contributed by atoms with Gasteiger partial charge >= 0.3 is 5.69 Å². The maximum atomic E-state index is 12.5. The second kappa shape index (κ2) is 8.28. The lowest BCUT2D eigenvalue weighted by Gasteiger charge is -2.10. The van der Waals surface area contributed by atoms with E-state index in [0.717, 1.165) is 12.2 Å². The quantitative estimate of drug-likeness (QED) is 0.506. The molecular formula is C22H23N5O2. The van der Waals surface area contributed by atoms with Gasteiger partial charge in [0.1, 0.15) is 5.82 Å². The molecule has 0 unspecified atom stereocenters. The molecule has 0 bridgehead atoms. The highest BCUT2D eigenvalue weighted by molar-refractivity contribution is 5.70. The van der Waals surface area contributed by atoms with Crippen molar-refractivity contribution in [3.63, 3.8) is 0 Å². The van der Waals surface area contributed by atoms with E-state index < -0.39 is 11.2 Å². The van der Waals surface area contributed by atoms with Crippen molar-refractivity contribution >= 4 is 11.2 Å². The van der Waals surface area contributed by atoms with Crippen LogP contribution in [0.2, 0.25) is 0 Å². The Hall–Kier alpha value is -3.45. The van der Waals surface area contributed by atoms with Crippen LogP contribution in [0.4, 0.5) is 0 Å². The van der Waals surface area contributed by atoms with Crippen molar-refractivity contribution in [2.24, 2.45) is 7.05 Å². The van der Waals surface area contributed by atoms with Gasteiger partial charge in [-0.05, 0) is 17.5 Å². The number of H-pyrrole nitrogens is 1. The maximum absolute atomic E-state index is 12.5. The molecule has 29 heavy (non-hydrogen) atoms. The van der Waals surface area contributed by atoms with Crippen LogP contribution >= 0.6 is 0 Å². The van der Waals surface area contributed by atoms with E-state index in [4.69, 9.17) is 0 Å². The number of fused-ring (bicyclic) bond motifs is 1. The van der Waals surface area contributed by atoms with Crippen LogP contribution in [0.25, 0.3) is 11.2 Å². The van der Waals surface area contributed by atoms with Crippen LogP contribution in [0.5, 0.6) is 0 Å². The highest BCUT2D eigenvalue weighted by Gasteiger charge is 2.17. The molecule has 0 aliphatic rings. The SMILES string of the molecule is Cn1c(=O)[nH]c(=O)c2c1nc(CNCc1ccccc1)n2CCc1ccccc1. The molecule has 2 N–H and O–H groups in total. The van der Waals surface area contributed by atoms with Gasteiger partial charge in [0.25, 0.3) is 5.56 Å². The highest BCUT2D eigenvalue weighted by Crippen LogP contribution is 2.13. The summed E-state index contributed by atoms with van der Waals surface area (Å²) in [6.07, 6.45) is 0.764. The van der Waals surface area contributed by atoms with E-state index in [-0.39, 0.29) is 0 Å². The molecule has 0 saturated heterocycles. The first-order chi connectivity index (χ1) is 14.1. The van der Waals surface area contributed by atoms with Crippen molar-refractivity contribution in [1.82, 2.24) is 24.4 Å². The molecule has 0 amide bonds. The fourth-order valence-electron chi connectivity index (χ4n) is 3.46. The number of aryl methyl sites for hydroxylation is 3. The minimum Gasteiger partial charge on any atom is -0.321 e. The van der Waals surface area contributed by atoms with Crippen LogP contribution in [0.1, 0.15) is 17.0 Å². The average Bonchev–Trinajstić information content (AvgIpc) is 3.11. The van der Waals surface area contributed by atoms with Crippen molar-refractivity contribution < 1.29 is 0 Å². The van der Waals surface area contributed by atoms with Gasteiger partial charge in [-0.3, -0.25) is 14.3 Å². The number of nitrogens with zero attached hydrogens (tertiary/aromatic N) is 3. The van der Waals surface area contributed by atoms with Crippen LogP contribution in [0.3, 0.4) is 0 Å². The van der Waals surface area contributed by atoms with Crippen LogP contribution in [-0.2, 0) is 33.1 Å². The van der Waals surface area contributed by atoms with Gasteiger partial charge in [-0.15, -0.1) is 0 Å². The first-order valence-corrected chi connectivity index (χ1v) is 9.60. The third-order valence-corrected chi connectivity index (χ3v) is 5.01. The van der Waals surface area contributed by atoms with Crippen LogP contribution in [0, 0.1) is 0 Å². The third kappa shape index (κ3) is 4.05. The predicted molar refractivity (Wildman–Crippen MR) is 113 cm³/mol. The van der Waals surface area contributed by atoms with Crippen LogP contribution in [-0.4, -0.2) is 19.1 Å². The number of rotatable bonds is 7. The van der Waals surface area contributed by atoms with Gasteiger partial charge in [-0.1, -0.05) is 60.7 Å². The molecule has 0 atom stereocenters. The van der Waals surface area contributed by atoms with Gasteiger partial charge in [0.2, 0.25) is 0 Å². The molecule has 7 heteroatoms. The number of aromatic nitrogens is 4. The van der Waals surface area contributed by atoms with Gasteiger partial charge in [0.15, 0.2) is 11.2 Å². The normalized spacial score (nSPS) is 11.2. The van der Waals surface area contributed by atoms with E-state index in [1.54, 1.807) is 7.05 Å². The Kier molecular flexibility index (Phi) is 5.39. The molecule has 2 aromatic carbocycles. The molecule has 0 saturated carbocycles. The van der Waals surface area contributed by atoms with Crippen molar-refractivity contribution in [3.05, 3.63) is 98.5 Å². The number of nitrogens with one attached hydrogen (secondary N) is 2. The van der Waals surface area contributed by atoms with E-state index in [2.05, 4.69) is 39.6 Å². The summed E-state index contributed by atoms with van der Waals surface area (Å²) >= 11 is 0. The summed E-state index contributed by atoms with van der Waals surface area (Å²) in [5.74, 6) is 0.735. The summed E-state index contributed by atoms with van der Waals surface area (Å²) in [6, 6.07) is 20.2. The summed E-state index contributed by atoms with van der Waals surface area (Å²) in [4.78, 5) is 31.5. The minimum absolute atomic E-state index is 0.405. The van der Waals surface area contributed by atoms with E-state index in [1.165, 1.54) is 15.7 Å². The van der Waals surface area contributed by atoms with Crippen molar-refractivity contribution in [3.8, 4) is 0 Å². The molecule has 2 aromatic heterocycles. The molecule has 4 rings (SSSR count). The van der Waals surface area contributed by atoms with Gasteiger partial charge in [0.05, 0.1) is 6.54 Å². The predicted octanol–water partition coefficient (Wildman–Crippen LogP) is 1.96. The zero-order valence-electron chi connectivity index (χ0n) is 16.3. The van der Waals surface area contributed by atoms with E-state index in [9.17, 15) is 9.59 Å². The van der Waals surface area contributed by atoms with Gasteiger partial charge in [0, 0.05) is 20.1 Å². The standard InChI is InChI=1S/C22H23N5O2/c1-26-20-19(21(28)25-22(26)29)27(13-12-16-8-4-2-5-9-16)18(24-20)15-23-14-17-10-6-3-7-11-17/h2-11,23H,12-15H2,1H3,(H,25,28,29). The third-order valence-electron chi connectivity index (χ3n) is 5.01. The van der Waals surface area contributed by atoms with E-state index in [1.807, 2.05) is 41.0 Å². The zero-order valence-corrected chi connectivity index (χ0v) is 16.3. The zero-order chi connectivity index (χ0) is 20.2. The number of imidazole rings is 1. The first-order valence-electron chi connectivity index (χ1n) is 9.60. The van der Waals surface area contributed by atoms with Crippen molar-refractivity contribution in [1.29, 1.82) is 0 Å². The molecule has 0 radical (unpaired) electrons. The molecule has 7 nitrogen and oxygen atoms in total. The Labute approximate surface area is 167 Å². The monoisotopic (exact) mass is 389 g/mol. The molecule has 0 spiro atoms. The van der Waals surface area contributed by atoms with Gasteiger partial charge < -0.3 is 9.88 Å². The first kappa shape index (κ1) is 18.9. The Balaban J connectivity index is 1.65. The van der Waals surface area contributed by atoms with Crippen LogP contribution in [0.15, 0.2) is 70.3 Å². The summed E-state index contributed by atoms with van der Waals surface area (Å²) in [5, 5.41) is 3.39. The maximum Gasteiger partial charge on any atom is 0.329 e. The summed E-state index contributed by atoms with van der Waals surface area (Å²) < 4.78 is 3.30. The van der Waals surface area contributed by atoms with Gasteiger partial charge in [-0.2, -0.15) is 0 Å². The molecule has 4 aromatic rings. The number of hydrogen-bond donors (Lipinski definition) is 2. The highest BCUT2D eigenvalue weighted by atomic mass is 16.2. The minimum atomic E-state index is -0.459. The summed E-state index contributed by atoms with van der Waals surface area (Å²) in [7, 11) is 1.62. The fourth-order valence-corrected chi connectivity index (χ4v) is 3.46. The van der Waals surface area contributed by atoms with Crippen molar-refractivity contribution in [2.75, 3.05) is 0 Å². The lowest BCUT2D eigenvalue weighted by Crippen LogP contribution is -2.29. The lowest BCUT2D eigenvalue weighted by atomic mass is 10.1. The number of hydrogen-bond acceptors (Lipinski definition) is 4. The average molecular weight is 389 g/mol. The Morgan fingerprint density at radius 2 is 1.59 bits per heavy atom. The second-order valence-corrected chi connectivity index (χ2v) is 6.99. The second-order valence-electron chi connectivity index (χ2n) is 6.99. The number of benzene rings is 2. The molecular weight excluding hydrogens is 366 g/mol. The summed E-state index contributed by atoms with van der Waals surface area (Å²) in [6.45, 7) is 1.79. The van der Waals surface area contributed by atoms with Crippen molar-refractivity contribution in [2.45, 2.75) is 26.1 Å². The smallest absolute Gasteiger partial charge is 0.321 e. The summed E-state index contributed by atoms with van der Waals surface area (Å²) in [5.41, 5.74) is 2.32. The Morgan fingerprint density at radius 1 is 0.931 bits per heavy atom. The molecule has 0 fully saturated rings. The molecule has 2 heterocycles.